The summed E-state index contributed by atoms with van der Waals surface area (Å²) in [5, 5.41) is 17.4. The predicted octanol–water partition coefficient (Wildman–Crippen LogP) is 4.33. The number of halogens is 1. The molecular weight excluding hydrogens is 428 g/mol. The number of allylic oxidation sites excluding steroid dienone is 1. The third-order valence-corrected chi connectivity index (χ3v) is 4.93. The number of phenols is 1. The Kier molecular flexibility index (Phi) is 6.31. The van der Waals surface area contributed by atoms with Gasteiger partial charge >= 0.3 is 0 Å². The predicted molar refractivity (Wildman–Crippen MR) is 111 cm³/mol. The Labute approximate surface area is 169 Å². The van der Waals surface area contributed by atoms with Crippen LogP contribution in [0.25, 0.3) is 11.4 Å². The molecule has 0 saturated carbocycles. The van der Waals surface area contributed by atoms with Crippen molar-refractivity contribution in [1.29, 1.82) is 0 Å². The van der Waals surface area contributed by atoms with E-state index in [1.165, 1.54) is 17.8 Å². The highest BCUT2D eigenvalue weighted by atomic mass is 79.9. The number of anilines is 1. The van der Waals surface area contributed by atoms with Gasteiger partial charge in [0.2, 0.25) is 11.1 Å². The summed E-state index contributed by atoms with van der Waals surface area (Å²) in [4.78, 5) is 16.7. The zero-order valence-electron chi connectivity index (χ0n) is 14.3. The molecule has 0 unspecified atom stereocenters. The summed E-state index contributed by atoms with van der Waals surface area (Å²) in [7, 11) is 0. The lowest BCUT2D eigenvalue weighted by atomic mass is 10.2. The van der Waals surface area contributed by atoms with Gasteiger partial charge in [-0.2, -0.15) is 0 Å². The molecule has 0 aliphatic carbocycles. The van der Waals surface area contributed by atoms with Gasteiger partial charge in [-0.3, -0.25) is 4.79 Å². The van der Waals surface area contributed by atoms with Gasteiger partial charge in [0.25, 0.3) is 0 Å². The van der Waals surface area contributed by atoms with Crippen LogP contribution in [-0.4, -0.2) is 31.5 Å². The number of carbonyl (C=O) groups is 1. The lowest BCUT2D eigenvalue weighted by Gasteiger charge is -2.05. The first-order valence-corrected chi connectivity index (χ1v) is 9.87. The van der Waals surface area contributed by atoms with Crippen molar-refractivity contribution >= 4 is 39.3 Å². The van der Waals surface area contributed by atoms with Gasteiger partial charge in [-0.15, -0.1) is 11.7 Å². The fraction of sp³-hybridized carbons (Fsp3) is 0.105. The minimum atomic E-state index is -0.244. The zero-order chi connectivity index (χ0) is 19.2. The fourth-order valence-electron chi connectivity index (χ4n) is 2.34. The van der Waals surface area contributed by atoms with Gasteiger partial charge in [0, 0.05) is 10.0 Å². The summed E-state index contributed by atoms with van der Waals surface area (Å²) >= 11 is 4.65. The van der Waals surface area contributed by atoms with E-state index in [2.05, 4.69) is 37.9 Å². The van der Waals surface area contributed by atoms with Gasteiger partial charge in [0.05, 0.1) is 18.0 Å². The second-order valence-corrected chi connectivity index (χ2v) is 7.41. The number of thioether (sulfide) groups is 1. The van der Waals surface area contributed by atoms with Crippen LogP contribution in [0.3, 0.4) is 0 Å². The Morgan fingerprint density at radius 1 is 1.26 bits per heavy atom. The summed E-state index contributed by atoms with van der Waals surface area (Å²) in [6.45, 7) is 4.27. The number of phenolic OH excluding ortho intramolecular Hbond substituents is 1. The highest BCUT2D eigenvalue weighted by molar-refractivity contribution is 9.10. The molecule has 0 bridgehead atoms. The number of aromatic hydroxyl groups is 1. The van der Waals surface area contributed by atoms with Crippen LogP contribution in [0.2, 0.25) is 0 Å². The van der Waals surface area contributed by atoms with E-state index in [0.717, 1.165) is 10.0 Å². The van der Waals surface area contributed by atoms with Gasteiger partial charge in [-0.05, 0) is 24.3 Å². The highest BCUT2D eigenvalue weighted by Crippen LogP contribution is 2.25. The molecule has 3 rings (SSSR count). The van der Waals surface area contributed by atoms with E-state index in [4.69, 9.17) is 0 Å². The average molecular weight is 445 g/mol. The monoisotopic (exact) mass is 444 g/mol. The Morgan fingerprint density at radius 2 is 2.00 bits per heavy atom. The van der Waals surface area contributed by atoms with Crippen LogP contribution in [0, 0.1) is 0 Å². The minimum Gasteiger partial charge on any atom is -0.506 e. The molecule has 0 fully saturated rings. The maximum atomic E-state index is 12.1. The number of carbonyl (C=O) groups excluding carboxylic acids is 1. The van der Waals surface area contributed by atoms with Crippen LogP contribution >= 0.6 is 27.7 Å². The summed E-state index contributed by atoms with van der Waals surface area (Å²) in [5.74, 6) is 0.631. The quantitative estimate of drug-likeness (QED) is 0.322. The molecule has 0 aliphatic heterocycles. The van der Waals surface area contributed by atoms with E-state index in [0.29, 0.717) is 23.2 Å². The smallest absolute Gasteiger partial charge is 0.234 e. The van der Waals surface area contributed by atoms with Crippen molar-refractivity contribution in [3.05, 3.63) is 65.7 Å². The first-order valence-electron chi connectivity index (χ1n) is 8.09. The van der Waals surface area contributed by atoms with Gasteiger partial charge in [0.1, 0.15) is 5.75 Å². The molecular formula is C19H17BrN4O2S. The number of nitrogens with zero attached hydrogens (tertiary/aromatic N) is 3. The number of rotatable bonds is 7. The largest absolute Gasteiger partial charge is 0.506 e. The van der Waals surface area contributed by atoms with Gasteiger partial charge in [0.15, 0.2) is 5.82 Å². The third kappa shape index (κ3) is 4.99. The SMILES string of the molecule is C=CCn1nc(SCC(=O)Nc2ccccc2O)nc1-c1ccc(Br)cc1. The second-order valence-electron chi connectivity index (χ2n) is 5.55. The van der Waals surface area contributed by atoms with Crippen molar-refractivity contribution in [2.24, 2.45) is 0 Å². The number of nitrogens with one attached hydrogen (secondary N) is 1. The molecule has 0 atom stereocenters. The second kappa shape index (κ2) is 8.88. The summed E-state index contributed by atoms with van der Waals surface area (Å²) < 4.78 is 2.73. The third-order valence-electron chi connectivity index (χ3n) is 3.57. The Hall–Kier alpha value is -2.58. The number of hydrogen-bond donors (Lipinski definition) is 2. The summed E-state index contributed by atoms with van der Waals surface area (Å²) in [5.41, 5.74) is 1.31. The molecule has 1 aromatic heterocycles. The molecule has 2 aromatic carbocycles. The van der Waals surface area contributed by atoms with E-state index >= 15 is 0 Å². The Morgan fingerprint density at radius 3 is 2.70 bits per heavy atom. The van der Waals surface area contributed by atoms with Crippen LogP contribution in [0.15, 0.2) is 70.8 Å². The van der Waals surface area contributed by atoms with Crippen LogP contribution in [-0.2, 0) is 11.3 Å². The molecule has 27 heavy (non-hydrogen) atoms. The number of aromatic nitrogens is 3. The molecule has 0 saturated heterocycles. The maximum Gasteiger partial charge on any atom is 0.234 e. The lowest BCUT2D eigenvalue weighted by molar-refractivity contribution is -0.113. The molecule has 0 radical (unpaired) electrons. The molecule has 2 N–H and O–H groups in total. The first-order chi connectivity index (χ1) is 13.1. The zero-order valence-corrected chi connectivity index (χ0v) is 16.7. The van der Waals surface area contributed by atoms with E-state index in [-0.39, 0.29) is 17.4 Å². The summed E-state index contributed by atoms with van der Waals surface area (Å²) in [6, 6.07) is 14.4. The van der Waals surface area contributed by atoms with Crippen LogP contribution in [0.1, 0.15) is 0 Å². The molecule has 3 aromatic rings. The number of amides is 1. The van der Waals surface area contributed by atoms with Crippen molar-refractivity contribution in [2.45, 2.75) is 11.7 Å². The molecule has 8 heteroatoms. The van der Waals surface area contributed by atoms with Crippen LogP contribution < -0.4 is 5.32 Å². The van der Waals surface area contributed by atoms with Crippen LogP contribution in [0.5, 0.6) is 5.75 Å². The minimum absolute atomic E-state index is 0.0294. The van der Waals surface area contributed by atoms with Crippen LogP contribution in [0.4, 0.5) is 5.69 Å². The van der Waals surface area contributed by atoms with Crippen molar-refractivity contribution in [3.63, 3.8) is 0 Å². The molecule has 138 valence electrons. The van der Waals surface area contributed by atoms with Crippen molar-refractivity contribution in [2.75, 3.05) is 11.1 Å². The van der Waals surface area contributed by atoms with Gasteiger partial charge in [-0.25, -0.2) is 9.67 Å². The highest BCUT2D eigenvalue weighted by Gasteiger charge is 2.14. The average Bonchev–Trinajstić information content (AvgIpc) is 3.06. The van der Waals surface area contributed by atoms with E-state index < -0.39 is 0 Å². The molecule has 1 amide bonds. The fourth-order valence-corrected chi connectivity index (χ4v) is 3.24. The van der Waals surface area contributed by atoms with Crippen molar-refractivity contribution in [3.8, 4) is 17.1 Å². The Balaban J connectivity index is 1.70. The van der Waals surface area contributed by atoms with E-state index in [9.17, 15) is 9.90 Å². The molecule has 1 heterocycles. The molecule has 0 spiro atoms. The normalized spacial score (nSPS) is 10.6. The van der Waals surface area contributed by atoms with Gasteiger partial charge in [-0.1, -0.05) is 58.0 Å². The maximum absolute atomic E-state index is 12.1. The number of hydrogen-bond acceptors (Lipinski definition) is 5. The number of benzene rings is 2. The van der Waals surface area contributed by atoms with Crippen molar-refractivity contribution < 1.29 is 9.90 Å². The lowest BCUT2D eigenvalue weighted by Crippen LogP contribution is -2.14. The first kappa shape index (κ1) is 19.2. The number of para-hydroxylation sites is 2. The van der Waals surface area contributed by atoms with Gasteiger partial charge < -0.3 is 10.4 Å². The summed E-state index contributed by atoms with van der Waals surface area (Å²) in [6.07, 6.45) is 1.75. The molecule has 6 nitrogen and oxygen atoms in total. The molecule has 0 aliphatic rings. The topological polar surface area (TPSA) is 80.0 Å². The standard InChI is InChI=1S/C19H17BrN4O2S/c1-2-11-24-18(13-7-9-14(20)10-8-13)22-19(23-24)27-12-17(26)21-15-5-3-4-6-16(15)25/h2-10,25H,1,11-12H2,(H,21,26). The Bertz CT molecular complexity index is 957. The van der Waals surface area contributed by atoms with E-state index in [1.54, 1.807) is 29.0 Å². The van der Waals surface area contributed by atoms with E-state index in [1.807, 2.05) is 24.3 Å². The van der Waals surface area contributed by atoms with Crippen molar-refractivity contribution in [1.82, 2.24) is 14.8 Å².